The van der Waals surface area contributed by atoms with Crippen LogP contribution in [0.5, 0.6) is 0 Å². The van der Waals surface area contributed by atoms with E-state index in [9.17, 15) is 19.7 Å². The Morgan fingerprint density at radius 2 is 1.00 bits per heavy atom. The van der Waals surface area contributed by atoms with Crippen LogP contribution in [0.3, 0.4) is 0 Å². The van der Waals surface area contributed by atoms with Gasteiger partial charge in [0.15, 0.2) is 0 Å². The predicted molar refractivity (Wildman–Crippen MR) is 144 cm³/mol. The Labute approximate surface area is 219 Å². The van der Waals surface area contributed by atoms with Gasteiger partial charge in [-0.05, 0) is 57.6 Å². The average molecular weight is 501 g/mol. The first-order valence-electron chi connectivity index (χ1n) is 12.7. The van der Waals surface area contributed by atoms with Crippen LogP contribution in [0.4, 0.5) is 11.4 Å². The molecule has 0 unspecified atom stereocenters. The molecule has 2 bridgehead atoms. The number of benzene rings is 4. The normalized spacial score (nSPS) is 26.6. The van der Waals surface area contributed by atoms with Crippen molar-refractivity contribution in [3.8, 4) is 11.1 Å². The third kappa shape index (κ3) is 2.62. The van der Waals surface area contributed by atoms with Crippen molar-refractivity contribution in [1.82, 2.24) is 0 Å². The van der Waals surface area contributed by atoms with Crippen LogP contribution >= 0.6 is 0 Å². The lowest BCUT2D eigenvalue weighted by Crippen LogP contribution is -2.59. The van der Waals surface area contributed by atoms with Gasteiger partial charge in [0, 0.05) is 23.0 Å². The summed E-state index contributed by atoms with van der Waals surface area (Å²) in [7, 11) is 0. The van der Waals surface area contributed by atoms with Crippen LogP contribution in [0.1, 0.15) is 36.1 Å². The molecule has 3 aliphatic carbocycles. The lowest BCUT2D eigenvalue weighted by Gasteiger charge is -2.57. The first-order chi connectivity index (χ1) is 18.3. The molecule has 1 fully saturated rings. The van der Waals surface area contributed by atoms with Crippen molar-refractivity contribution in [2.24, 2.45) is 11.8 Å². The highest BCUT2D eigenvalue weighted by molar-refractivity contribution is 6.24. The fourth-order valence-corrected chi connectivity index (χ4v) is 7.40. The Hall–Kier alpha value is -4.58. The predicted octanol–water partition coefficient (Wildman–Crippen LogP) is 6.01. The standard InChI is InChI=1S/C32H24N2O4/c1-31-23-7-3-5-9-25(23)32(2,26-10-6-4-8-24(26)31)28-27(31)29(35)33(30(28)36)21-15-11-19(12-16-21)20-13-17-22(18-14-20)34(37)38/h3-18,27-28H,1-2H3/t27-,28+,31?,32?. The zero-order chi connectivity index (χ0) is 26.4. The molecule has 4 aromatic rings. The van der Waals surface area contributed by atoms with Gasteiger partial charge in [0.05, 0.1) is 22.4 Å². The molecule has 6 heteroatoms. The van der Waals surface area contributed by atoms with E-state index < -0.39 is 27.6 Å². The molecular formula is C32H24N2O4. The van der Waals surface area contributed by atoms with E-state index in [0.717, 1.165) is 33.4 Å². The van der Waals surface area contributed by atoms with Crippen molar-refractivity contribution in [3.05, 3.63) is 129 Å². The van der Waals surface area contributed by atoms with E-state index in [1.807, 2.05) is 36.4 Å². The molecule has 2 amide bonds. The zero-order valence-corrected chi connectivity index (χ0v) is 20.9. The Kier molecular flexibility index (Phi) is 4.45. The Morgan fingerprint density at radius 1 is 0.632 bits per heavy atom. The fraction of sp³-hybridized carbons (Fsp3) is 0.188. The average Bonchev–Trinajstić information content (AvgIpc) is 3.22. The molecule has 2 atom stereocenters. The van der Waals surface area contributed by atoms with Crippen LogP contribution in [0, 0.1) is 22.0 Å². The van der Waals surface area contributed by atoms with E-state index >= 15 is 0 Å². The van der Waals surface area contributed by atoms with E-state index in [1.165, 1.54) is 17.0 Å². The van der Waals surface area contributed by atoms with Crippen molar-refractivity contribution < 1.29 is 14.5 Å². The van der Waals surface area contributed by atoms with Gasteiger partial charge in [0.1, 0.15) is 0 Å². The highest BCUT2D eigenvalue weighted by Gasteiger charge is 2.70. The molecule has 6 nitrogen and oxygen atoms in total. The summed E-state index contributed by atoms with van der Waals surface area (Å²) in [5.74, 6) is -1.33. The van der Waals surface area contributed by atoms with Crippen molar-refractivity contribution in [1.29, 1.82) is 0 Å². The van der Waals surface area contributed by atoms with Crippen LogP contribution in [0.25, 0.3) is 11.1 Å². The number of carbonyl (C=O) groups excluding carboxylic acids is 2. The molecule has 0 radical (unpaired) electrons. The number of nitro groups is 1. The number of anilines is 1. The van der Waals surface area contributed by atoms with Crippen molar-refractivity contribution in [2.75, 3.05) is 4.90 Å². The third-order valence-corrected chi connectivity index (χ3v) is 9.18. The molecule has 0 N–H and O–H groups in total. The number of amides is 2. The highest BCUT2D eigenvalue weighted by atomic mass is 16.6. The van der Waals surface area contributed by atoms with Crippen LogP contribution in [0.2, 0.25) is 0 Å². The molecule has 1 aliphatic heterocycles. The second kappa shape index (κ2) is 7.48. The Bertz CT molecular complexity index is 1550. The largest absolute Gasteiger partial charge is 0.274 e. The van der Waals surface area contributed by atoms with Gasteiger partial charge >= 0.3 is 0 Å². The van der Waals surface area contributed by atoms with E-state index in [4.69, 9.17) is 0 Å². The lowest BCUT2D eigenvalue weighted by atomic mass is 9.42. The topological polar surface area (TPSA) is 80.5 Å². The summed E-state index contributed by atoms with van der Waals surface area (Å²) in [5.41, 5.74) is 5.50. The molecule has 0 spiro atoms. The summed E-state index contributed by atoms with van der Waals surface area (Å²) in [6, 6.07) is 30.1. The SMILES string of the molecule is CC12c3ccccc3C(C)(c3ccccc31)[C@H]1C(=O)N(c3ccc(-c4ccc([N+](=O)[O-])cc4)cc3)C(=O)[C@H]12. The Morgan fingerprint density at radius 3 is 1.37 bits per heavy atom. The van der Waals surface area contributed by atoms with Crippen LogP contribution in [-0.4, -0.2) is 16.7 Å². The number of nitrogens with zero attached hydrogens (tertiary/aromatic N) is 2. The van der Waals surface area contributed by atoms with Gasteiger partial charge in [-0.1, -0.05) is 74.5 Å². The number of hydrogen-bond donors (Lipinski definition) is 0. The van der Waals surface area contributed by atoms with Crippen LogP contribution < -0.4 is 4.90 Å². The first kappa shape index (κ1) is 22.6. The quantitative estimate of drug-likeness (QED) is 0.196. The van der Waals surface area contributed by atoms with Gasteiger partial charge in [-0.2, -0.15) is 0 Å². The van der Waals surface area contributed by atoms with Gasteiger partial charge in [-0.25, -0.2) is 4.90 Å². The lowest BCUT2D eigenvalue weighted by molar-refractivity contribution is -0.384. The maximum absolute atomic E-state index is 14.2. The first-order valence-corrected chi connectivity index (χ1v) is 12.7. The molecule has 0 aromatic heterocycles. The summed E-state index contributed by atoms with van der Waals surface area (Å²) in [4.78, 5) is 40.3. The molecule has 8 rings (SSSR count). The summed E-state index contributed by atoms with van der Waals surface area (Å²) in [5, 5.41) is 11.0. The van der Waals surface area contributed by atoms with Crippen molar-refractivity contribution in [2.45, 2.75) is 24.7 Å². The second-order valence-corrected chi connectivity index (χ2v) is 10.8. The number of hydrogen-bond acceptors (Lipinski definition) is 4. The van der Waals surface area contributed by atoms with Crippen LogP contribution in [0.15, 0.2) is 97.1 Å². The third-order valence-electron chi connectivity index (χ3n) is 9.18. The summed E-state index contributed by atoms with van der Waals surface area (Å²) >= 11 is 0. The minimum atomic E-state index is -0.615. The molecule has 4 aromatic carbocycles. The van der Waals surface area contributed by atoms with Gasteiger partial charge in [0.25, 0.3) is 5.69 Å². The van der Waals surface area contributed by atoms with E-state index in [0.29, 0.717) is 5.69 Å². The second-order valence-electron chi connectivity index (χ2n) is 10.8. The van der Waals surface area contributed by atoms with E-state index in [-0.39, 0.29) is 17.5 Å². The van der Waals surface area contributed by atoms with Gasteiger partial charge in [-0.15, -0.1) is 0 Å². The maximum atomic E-state index is 14.2. The van der Waals surface area contributed by atoms with E-state index in [2.05, 4.69) is 38.1 Å². The summed E-state index contributed by atoms with van der Waals surface area (Å²) in [6.45, 7) is 4.24. The van der Waals surface area contributed by atoms with Gasteiger partial charge in [-0.3, -0.25) is 19.7 Å². The van der Waals surface area contributed by atoms with Gasteiger partial charge < -0.3 is 0 Å². The molecule has 1 heterocycles. The zero-order valence-electron chi connectivity index (χ0n) is 20.9. The molecule has 38 heavy (non-hydrogen) atoms. The molecule has 4 aliphatic rings. The number of imide groups is 1. The Balaban J connectivity index is 1.33. The molecule has 1 saturated heterocycles. The minimum absolute atomic E-state index is 0.0276. The van der Waals surface area contributed by atoms with Gasteiger partial charge in [0.2, 0.25) is 11.8 Å². The number of rotatable bonds is 3. The molecule has 0 saturated carbocycles. The molecular weight excluding hydrogens is 476 g/mol. The van der Waals surface area contributed by atoms with Crippen molar-refractivity contribution >= 4 is 23.2 Å². The number of non-ortho nitro benzene ring substituents is 1. The van der Waals surface area contributed by atoms with Crippen LogP contribution in [-0.2, 0) is 20.4 Å². The smallest absolute Gasteiger partial charge is 0.269 e. The maximum Gasteiger partial charge on any atom is 0.269 e. The van der Waals surface area contributed by atoms with E-state index in [1.54, 1.807) is 24.3 Å². The number of nitro benzene ring substituents is 1. The fourth-order valence-electron chi connectivity index (χ4n) is 7.40. The number of carbonyl (C=O) groups is 2. The minimum Gasteiger partial charge on any atom is -0.274 e. The monoisotopic (exact) mass is 500 g/mol. The summed E-state index contributed by atoms with van der Waals surface area (Å²) in [6.07, 6.45) is 0. The molecule has 186 valence electrons. The van der Waals surface area contributed by atoms with Crippen molar-refractivity contribution in [3.63, 3.8) is 0 Å². The summed E-state index contributed by atoms with van der Waals surface area (Å²) < 4.78 is 0. The highest BCUT2D eigenvalue weighted by Crippen LogP contribution is 2.66.